The maximum Gasteiger partial charge on any atom is 0.254 e. The number of rotatable bonds is 9. The maximum atomic E-state index is 14.4. The Hall–Kier alpha value is -4.54. The molecule has 0 aliphatic heterocycles. The summed E-state index contributed by atoms with van der Waals surface area (Å²) in [4.78, 5) is 30.2. The van der Waals surface area contributed by atoms with E-state index in [0.717, 1.165) is 36.2 Å². The van der Waals surface area contributed by atoms with E-state index in [0.29, 0.717) is 34.4 Å². The molecule has 2 unspecified atom stereocenters. The molecule has 0 spiro atoms. The van der Waals surface area contributed by atoms with Crippen LogP contribution in [0.2, 0.25) is 0 Å². The molecule has 2 aliphatic carbocycles. The first kappa shape index (κ1) is 27.6. The molecular formula is C31H27F4N5O2. The van der Waals surface area contributed by atoms with Crippen LogP contribution in [0.5, 0.6) is 0 Å². The molecule has 7 nitrogen and oxygen atoms in total. The van der Waals surface area contributed by atoms with Crippen LogP contribution in [0.15, 0.2) is 54.7 Å². The monoisotopic (exact) mass is 577 g/mol. The van der Waals surface area contributed by atoms with Crippen molar-refractivity contribution in [1.29, 1.82) is 0 Å². The smallest absolute Gasteiger partial charge is 0.254 e. The lowest BCUT2D eigenvalue weighted by molar-refractivity contribution is -0.122. The molecule has 216 valence electrons. The van der Waals surface area contributed by atoms with Gasteiger partial charge in [0.2, 0.25) is 5.91 Å². The van der Waals surface area contributed by atoms with Crippen LogP contribution in [0, 0.1) is 23.4 Å². The summed E-state index contributed by atoms with van der Waals surface area (Å²) in [5.41, 5.74) is 3.55. The number of hydrogen-bond donors (Lipinski definition) is 2. The first-order chi connectivity index (χ1) is 20.2. The predicted molar refractivity (Wildman–Crippen MR) is 146 cm³/mol. The van der Waals surface area contributed by atoms with Crippen LogP contribution in [0.25, 0.3) is 11.1 Å². The van der Waals surface area contributed by atoms with Gasteiger partial charge in [-0.15, -0.1) is 0 Å². The molecule has 2 heterocycles. The first-order valence-electron chi connectivity index (χ1n) is 13.6. The van der Waals surface area contributed by atoms with Crippen molar-refractivity contribution >= 4 is 11.8 Å². The fraction of sp³-hybridized carbons (Fsp3) is 0.290. The third kappa shape index (κ3) is 5.26. The average molecular weight is 578 g/mol. The molecule has 1 fully saturated rings. The van der Waals surface area contributed by atoms with E-state index in [1.54, 1.807) is 16.8 Å². The standard InChI is InChI=1S/C31H27F4N5O2/c1-36-31(42)23-10-17(4-5-24(23)35)21-3-2-6-37-30(21)25(9-16-7-19(33)13-20(34)8-16)38-28(41)15-40-27-12-18-11-22(18)29(27)26(14-32)39-40/h2-8,10,13,18,22,25H,9,11-12,14-15H2,1H3,(H,36,42)(H,38,41)/t18?,22?,25-/m0/s1. The highest BCUT2D eigenvalue weighted by atomic mass is 19.1. The van der Waals surface area contributed by atoms with Gasteiger partial charge < -0.3 is 10.6 Å². The number of halogens is 4. The first-order valence-corrected chi connectivity index (χ1v) is 13.6. The quantitative estimate of drug-likeness (QED) is 0.276. The van der Waals surface area contributed by atoms with E-state index in [9.17, 15) is 27.2 Å². The molecule has 42 heavy (non-hydrogen) atoms. The molecule has 11 heteroatoms. The van der Waals surface area contributed by atoms with Gasteiger partial charge in [-0.2, -0.15) is 5.10 Å². The van der Waals surface area contributed by atoms with Crippen molar-refractivity contribution in [3.05, 3.63) is 106 Å². The SMILES string of the molecule is CNC(=O)c1cc(-c2cccnc2[C@H](Cc2cc(F)cc(F)c2)NC(=O)Cn2nc(CF)c3c2CC2CC32)ccc1F. The molecule has 4 aromatic rings. The summed E-state index contributed by atoms with van der Waals surface area (Å²) in [5.74, 6) is -2.53. The number of amides is 2. The van der Waals surface area contributed by atoms with E-state index < -0.39 is 42.0 Å². The van der Waals surface area contributed by atoms with E-state index in [2.05, 4.69) is 20.7 Å². The van der Waals surface area contributed by atoms with E-state index in [4.69, 9.17) is 0 Å². The van der Waals surface area contributed by atoms with Crippen molar-refractivity contribution in [2.24, 2.45) is 5.92 Å². The molecule has 0 radical (unpaired) electrons. The number of pyridine rings is 1. The second kappa shape index (κ2) is 11.0. The number of benzene rings is 2. The zero-order valence-corrected chi connectivity index (χ0v) is 22.6. The van der Waals surface area contributed by atoms with Crippen molar-refractivity contribution in [3.63, 3.8) is 0 Å². The van der Waals surface area contributed by atoms with Crippen molar-refractivity contribution in [2.45, 2.75) is 44.4 Å². The molecular weight excluding hydrogens is 550 g/mol. The topological polar surface area (TPSA) is 88.9 Å². The minimum atomic E-state index is -0.874. The highest BCUT2D eigenvalue weighted by molar-refractivity contribution is 5.95. The maximum absolute atomic E-state index is 14.4. The highest BCUT2D eigenvalue weighted by Gasteiger charge is 2.49. The van der Waals surface area contributed by atoms with Gasteiger partial charge in [-0.25, -0.2) is 17.6 Å². The third-order valence-electron chi connectivity index (χ3n) is 7.96. The van der Waals surface area contributed by atoms with Gasteiger partial charge in [0, 0.05) is 36.1 Å². The molecule has 2 aromatic heterocycles. The Morgan fingerprint density at radius 1 is 1.10 bits per heavy atom. The number of carbonyl (C=O) groups is 2. The molecule has 3 atom stereocenters. The predicted octanol–water partition coefficient (Wildman–Crippen LogP) is 4.95. The fourth-order valence-corrected chi connectivity index (χ4v) is 6.01. The Kier molecular flexibility index (Phi) is 7.26. The Bertz CT molecular complexity index is 1680. The molecule has 0 bridgehead atoms. The molecule has 2 N–H and O–H groups in total. The van der Waals surface area contributed by atoms with Crippen molar-refractivity contribution < 1.29 is 27.2 Å². The second-order valence-electron chi connectivity index (χ2n) is 10.7. The number of carbonyl (C=O) groups excluding carboxylic acids is 2. The number of alkyl halides is 1. The van der Waals surface area contributed by atoms with Crippen LogP contribution >= 0.6 is 0 Å². The minimum Gasteiger partial charge on any atom is -0.355 e. The summed E-state index contributed by atoms with van der Waals surface area (Å²) in [6.45, 7) is -0.879. The van der Waals surface area contributed by atoms with Gasteiger partial charge in [0.15, 0.2) is 0 Å². The van der Waals surface area contributed by atoms with Crippen LogP contribution in [0.4, 0.5) is 17.6 Å². The van der Waals surface area contributed by atoms with Crippen LogP contribution in [-0.2, 0) is 30.9 Å². The molecule has 2 aliphatic rings. The summed E-state index contributed by atoms with van der Waals surface area (Å²) in [5, 5.41) is 9.69. The van der Waals surface area contributed by atoms with Crippen molar-refractivity contribution in [1.82, 2.24) is 25.4 Å². The zero-order valence-electron chi connectivity index (χ0n) is 22.6. The lowest BCUT2D eigenvalue weighted by Crippen LogP contribution is -2.34. The summed E-state index contributed by atoms with van der Waals surface area (Å²) in [6, 6.07) is 9.62. The fourth-order valence-electron chi connectivity index (χ4n) is 6.01. The summed E-state index contributed by atoms with van der Waals surface area (Å²) in [7, 11) is 1.39. The normalized spacial score (nSPS) is 17.4. The second-order valence-corrected chi connectivity index (χ2v) is 10.7. The molecule has 6 rings (SSSR count). The van der Waals surface area contributed by atoms with Gasteiger partial charge in [0.1, 0.15) is 30.7 Å². The third-order valence-corrected chi connectivity index (χ3v) is 7.96. The van der Waals surface area contributed by atoms with Crippen molar-refractivity contribution in [3.8, 4) is 11.1 Å². The van der Waals surface area contributed by atoms with E-state index in [1.165, 1.54) is 37.5 Å². The summed E-state index contributed by atoms with van der Waals surface area (Å²) >= 11 is 0. The Balaban J connectivity index is 1.35. The van der Waals surface area contributed by atoms with Gasteiger partial charge in [0.25, 0.3) is 5.91 Å². The molecule has 1 saturated carbocycles. The largest absolute Gasteiger partial charge is 0.355 e. The van der Waals surface area contributed by atoms with Gasteiger partial charge in [0.05, 0.1) is 23.0 Å². The molecule has 2 aromatic carbocycles. The number of hydrogen-bond acceptors (Lipinski definition) is 4. The van der Waals surface area contributed by atoms with Crippen LogP contribution in [0.1, 0.15) is 56.9 Å². The number of aromatic nitrogens is 3. The summed E-state index contributed by atoms with van der Waals surface area (Å²) < 4.78 is 57.9. The van der Waals surface area contributed by atoms with E-state index in [-0.39, 0.29) is 24.1 Å². The Morgan fingerprint density at radius 2 is 1.88 bits per heavy atom. The van der Waals surface area contributed by atoms with E-state index in [1.807, 2.05) is 0 Å². The average Bonchev–Trinajstić information content (AvgIpc) is 3.50. The van der Waals surface area contributed by atoms with Crippen LogP contribution in [-0.4, -0.2) is 33.6 Å². The molecule has 2 amide bonds. The van der Waals surface area contributed by atoms with Crippen LogP contribution < -0.4 is 10.6 Å². The lowest BCUT2D eigenvalue weighted by atomic mass is 9.94. The van der Waals surface area contributed by atoms with Crippen LogP contribution in [0.3, 0.4) is 0 Å². The molecule has 0 saturated heterocycles. The van der Waals surface area contributed by atoms with Gasteiger partial charge in [-0.05, 0) is 72.6 Å². The highest BCUT2D eigenvalue weighted by Crippen LogP contribution is 2.57. The lowest BCUT2D eigenvalue weighted by Gasteiger charge is -2.22. The number of nitrogens with one attached hydrogen (secondary N) is 2. The van der Waals surface area contributed by atoms with Gasteiger partial charge in [-0.3, -0.25) is 19.3 Å². The minimum absolute atomic E-state index is 0.0228. The number of fused-ring (bicyclic) bond motifs is 3. The number of nitrogens with zero attached hydrogens (tertiary/aromatic N) is 3. The zero-order chi connectivity index (χ0) is 29.5. The Morgan fingerprint density at radius 3 is 2.62 bits per heavy atom. The summed E-state index contributed by atoms with van der Waals surface area (Å²) in [6.07, 6.45) is 3.24. The van der Waals surface area contributed by atoms with Gasteiger partial charge in [-0.1, -0.05) is 12.1 Å². The van der Waals surface area contributed by atoms with E-state index >= 15 is 0 Å². The van der Waals surface area contributed by atoms with Crippen molar-refractivity contribution in [2.75, 3.05) is 7.05 Å². The Labute approximate surface area is 239 Å². The van der Waals surface area contributed by atoms with Gasteiger partial charge >= 0.3 is 0 Å².